The SMILES string of the molecule is C[C@@H](CCNC(=O)OC(C)(C)C)C(N)=O. The number of nitrogens with two attached hydrogens (primary N) is 1. The van der Waals surface area contributed by atoms with E-state index in [-0.39, 0.29) is 11.8 Å². The van der Waals surface area contributed by atoms with Crippen molar-refractivity contribution in [3.05, 3.63) is 0 Å². The number of hydrogen-bond donors (Lipinski definition) is 2. The molecule has 0 saturated heterocycles. The summed E-state index contributed by atoms with van der Waals surface area (Å²) in [7, 11) is 0. The molecule has 0 unspecified atom stereocenters. The second-order valence-corrected chi connectivity index (χ2v) is 4.52. The van der Waals surface area contributed by atoms with Crippen LogP contribution in [0.1, 0.15) is 34.1 Å². The molecule has 0 aromatic rings. The Labute approximate surface area is 90.4 Å². The van der Waals surface area contributed by atoms with Gasteiger partial charge in [0.25, 0.3) is 0 Å². The summed E-state index contributed by atoms with van der Waals surface area (Å²) >= 11 is 0. The summed E-state index contributed by atoms with van der Waals surface area (Å²) < 4.78 is 5.01. The second-order valence-electron chi connectivity index (χ2n) is 4.52. The molecule has 5 heteroatoms. The van der Waals surface area contributed by atoms with Gasteiger partial charge in [-0.15, -0.1) is 0 Å². The van der Waals surface area contributed by atoms with Crippen LogP contribution in [0.3, 0.4) is 0 Å². The molecule has 0 saturated carbocycles. The summed E-state index contributed by atoms with van der Waals surface area (Å²) in [4.78, 5) is 21.8. The maximum Gasteiger partial charge on any atom is 0.407 e. The third-order valence-corrected chi connectivity index (χ3v) is 1.73. The van der Waals surface area contributed by atoms with E-state index in [4.69, 9.17) is 10.5 Å². The minimum atomic E-state index is -0.501. The molecule has 0 aromatic heterocycles. The summed E-state index contributed by atoms with van der Waals surface area (Å²) in [6, 6.07) is 0. The summed E-state index contributed by atoms with van der Waals surface area (Å²) in [6.07, 6.45) is 0.0494. The number of primary amides is 1. The molecular weight excluding hydrogens is 196 g/mol. The molecule has 2 amide bonds. The fraction of sp³-hybridized carbons (Fsp3) is 0.800. The highest BCUT2D eigenvalue weighted by Gasteiger charge is 2.16. The second kappa shape index (κ2) is 5.58. The van der Waals surface area contributed by atoms with Crippen LogP contribution in [-0.2, 0) is 9.53 Å². The number of carbonyl (C=O) groups is 2. The van der Waals surface area contributed by atoms with Crippen molar-refractivity contribution in [3.63, 3.8) is 0 Å². The molecule has 0 heterocycles. The Morgan fingerprint density at radius 3 is 2.33 bits per heavy atom. The minimum absolute atomic E-state index is 0.236. The lowest BCUT2D eigenvalue weighted by molar-refractivity contribution is -0.121. The van der Waals surface area contributed by atoms with Gasteiger partial charge >= 0.3 is 6.09 Å². The van der Waals surface area contributed by atoms with Crippen LogP contribution in [-0.4, -0.2) is 24.1 Å². The first-order valence-electron chi connectivity index (χ1n) is 4.98. The molecule has 0 rings (SSSR count). The minimum Gasteiger partial charge on any atom is -0.444 e. The molecule has 5 nitrogen and oxygen atoms in total. The topological polar surface area (TPSA) is 81.4 Å². The van der Waals surface area contributed by atoms with Gasteiger partial charge < -0.3 is 15.8 Å². The van der Waals surface area contributed by atoms with Gasteiger partial charge in [-0.25, -0.2) is 4.79 Å². The van der Waals surface area contributed by atoms with Crippen molar-refractivity contribution < 1.29 is 14.3 Å². The first-order valence-corrected chi connectivity index (χ1v) is 4.98. The van der Waals surface area contributed by atoms with Crippen molar-refractivity contribution in [2.24, 2.45) is 11.7 Å². The van der Waals surface area contributed by atoms with Crippen LogP contribution < -0.4 is 11.1 Å². The number of alkyl carbamates (subject to hydrolysis) is 1. The number of rotatable bonds is 4. The van der Waals surface area contributed by atoms with Gasteiger partial charge in [0, 0.05) is 12.5 Å². The molecule has 0 spiro atoms. The normalized spacial score (nSPS) is 13.1. The van der Waals surface area contributed by atoms with E-state index in [2.05, 4.69) is 5.32 Å². The first-order chi connectivity index (χ1) is 6.72. The van der Waals surface area contributed by atoms with Gasteiger partial charge in [-0.2, -0.15) is 0 Å². The fourth-order valence-electron chi connectivity index (χ4n) is 0.847. The highest BCUT2D eigenvalue weighted by molar-refractivity contribution is 5.76. The van der Waals surface area contributed by atoms with Gasteiger partial charge in [-0.1, -0.05) is 6.92 Å². The maximum atomic E-state index is 11.2. The summed E-state index contributed by atoms with van der Waals surface area (Å²) in [5.41, 5.74) is 4.57. The van der Waals surface area contributed by atoms with Crippen LogP contribution in [0.15, 0.2) is 0 Å². The summed E-state index contributed by atoms with van der Waals surface area (Å²) in [6.45, 7) is 7.48. The van der Waals surface area contributed by atoms with Crippen LogP contribution in [0.2, 0.25) is 0 Å². The van der Waals surface area contributed by atoms with E-state index < -0.39 is 11.7 Å². The van der Waals surface area contributed by atoms with Crippen LogP contribution in [0.25, 0.3) is 0 Å². The number of hydrogen-bond acceptors (Lipinski definition) is 3. The molecule has 88 valence electrons. The van der Waals surface area contributed by atoms with Crippen molar-refractivity contribution in [3.8, 4) is 0 Å². The standard InChI is InChI=1S/C10H20N2O3/c1-7(8(11)13)5-6-12-9(14)15-10(2,3)4/h7H,5-6H2,1-4H3,(H2,11,13)(H,12,14)/t7-/m0/s1. The molecule has 1 atom stereocenters. The van der Waals surface area contributed by atoms with E-state index in [1.54, 1.807) is 27.7 Å². The van der Waals surface area contributed by atoms with E-state index in [9.17, 15) is 9.59 Å². The lowest BCUT2D eigenvalue weighted by Gasteiger charge is -2.19. The van der Waals surface area contributed by atoms with Gasteiger partial charge in [0.15, 0.2) is 0 Å². The van der Waals surface area contributed by atoms with E-state index in [1.807, 2.05) is 0 Å². The third kappa shape index (κ3) is 7.78. The quantitative estimate of drug-likeness (QED) is 0.736. The smallest absolute Gasteiger partial charge is 0.407 e. The molecular formula is C10H20N2O3. The van der Waals surface area contributed by atoms with Gasteiger partial charge in [0.05, 0.1) is 0 Å². The molecule has 0 aliphatic heterocycles. The van der Waals surface area contributed by atoms with E-state index in [0.717, 1.165) is 0 Å². The van der Waals surface area contributed by atoms with Crippen LogP contribution in [0.5, 0.6) is 0 Å². The molecule has 15 heavy (non-hydrogen) atoms. The Morgan fingerprint density at radius 2 is 1.93 bits per heavy atom. The lowest BCUT2D eigenvalue weighted by Crippen LogP contribution is -2.34. The van der Waals surface area contributed by atoms with Crippen molar-refractivity contribution in [2.75, 3.05) is 6.54 Å². The predicted molar refractivity (Wildman–Crippen MR) is 57.2 cm³/mol. The molecule has 0 radical (unpaired) electrons. The molecule has 0 aliphatic rings. The number of ether oxygens (including phenoxy) is 1. The molecule has 0 aliphatic carbocycles. The maximum absolute atomic E-state index is 11.2. The van der Waals surface area contributed by atoms with Gasteiger partial charge in [0.1, 0.15) is 5.60 Å². The van der Waals surface area contributed by atoms with E-state index in [0.29, 0.717) is 13.0 Å². The van der Waals surface area contributed by atoms with Crippen LogP contribution in [0, 0.1) is 5.92 Å². The highest BCUT2D eigenvalue weighted by Crippen LogP contribution is 2.06. The average molecular weight is 216 g/mol. The Kier molecular flexibility index (Phi) is 5.11. The highest BCUT2D eigenvalue weighted by atomic mass is 16.6. The molecule has 0 bridgehead atoms. The zero-order valence-corrected chi connectivity index (χ0v) is 9.79. The third-order valence-electron chi connectivity index (χ3n) is 1.73. The van der Waals surface area contributed by atoms with Gasteiger partial charge in [-0.3, -0.25) is 4.79 Å². The van der Waals surface area contributed by atoms with Crippen molar-refractivity contribution >= 4 is 12.0 Å². The van der Waals surface area contributed by atoms with E-state index >= 15 is 0 Å². The predicted octanol–water partition coefficient (Wildman–Crippen LogP) is 1.02. The van der Waals surface area contributed by atoms with Crippen molar-refractivity contribution in [2.45, 2.75) is 39.7 Å². The zero-order chi connectivity index (χ0) is 12.1. The first kappa shape index (κ1) is 13.7. The summed E-state index contributed by atoms with van der Waals surface area (Å²) in [5.74, 6) is -0.596. The monoisotopic (exact) mass is 216 g/mol. The Hall–Kier alpha value is -1.26. The molecule has 3 N–H and O–H groups in total. The zero-order valence-electron chi connectivity index (χ0n) is 9.79. The Bertz CT molecular complexity index is 233. The number of nitrogens with one attached hydrogen (secondary N) is 1. The average Bonchev–Trinajstić information content (AvgIpc) is 2.00. The Balaban J connectivity index is 3.69. The number of carbonyl (C=O) groups excluding carboxylic acids is 2. The lowest BCUT2D eigenvalue weighted by atomic mass is 10.1. The van der Waals surface area contributed by atoms with Gasteiger partial charge in [-0.05, 0) is 27.2 Å². The largest absolute Gasteiger partial charge is 0.444 e. The van der Waals surface area contributed by atoms with E-state index in [1.165, 1.54) is 0 Å². The molecule has 0 aromatic carbocycles. The van der Waals surface area contributed by atoms with Crippen LogP contribution >= 0.6 is 0 Å². The summed E-state index contributed by atoms with van der Waals surface area (Å²) in [5, 5.41) is 2.56. The molecule has 0 fully saturated rings. The van der Waals surface area contributed by atoms with Crippen molar-refractivity contribution in [1.82, 2.24) is 5.32 Å². The van der Waals surface area contributed by atoms with Crippen molar-refractivity contribution in [1.29, 1.82) is 0 Å². The van der Waals surface area contributed by atoms with Gasteiger partial charge in [0.2, 0.25) is 5.91 Å². The number of amides is 2. The van der Waals surface area contributed by atoms with Crippen LogP contribution in [0.4, 0.5) is 4.79 Å². The fourth-order valence-corrected chi connectivity index (χ4v) is 0.847. The Morgan fingerprint density at radius 1 is 1.40 bits per heavy atom.